The number of anilines is 1. The molecule has 1 rings (SSSR count). The van der Waals surface area contributed by atoms with E-state index in [2.05, 4.69) is 26.8 Å². The van der Waals surface area contributed by atoms with Crippen LogP contribution in [0.3, 0.4) is 0 Å². The van der Waals surface area contributed by atoms with Gasteiger partial charge < -0.3 is 5.73 Å². The van der Waals surface area contributed by atoms with E-state index in [1.165, 1.54) is 23.1 Å². The van der Waals surface area contributed by atoms with Gasteiger partial charge in [-0.15, -0.1) is 0 Å². The number of hydrogen-bond acceptors (Lipinski definition) is 1. The Morgan fingerprint density at radius 1 is 1.38 bits per heavy atom. The largest absolute Gasteiger partial charge is 0.398 e. The molecule has 0 amide bonds. The smallest absolute Gasteiger partial charge is 0.0427 e. The van der Waals surface area contributed by atoms with Crippen molar-refractivity contribution < 1.29 is 0 Å². The Balaban J connectivity index is 3.15. The fourth-order valence-corrected chi connectivity index (χ4v) is 1.68. The molecule has 1 aromatic carbocycles. The summed E-state index contributed by atoms with van der Waals surface area (Å²) in [7, 11) is 0. The third-order valence-corrected chi connectivity index (χ3v) is 2.53. The van der Waals surface area contributed by atoms with Gasteiger partial charge in [0.05, 0.1) is 0 Å². The van der Waals surface area contributed by atoms with Gasteiger partial charge in [0.25, 0.3) is 0 Å². The predicted octanol–water partition coefficient (Wildman–Crippen LogP) is 2.89. The van der Waals surface area contributed by atoms with Crippen LogP contribution in [-0.2, 0) is 12.8 Å². The fourth-order valence-electron chi connectivity index (χ4n) is 1.68. The van der Waals surface area contributed by atoms with Crippen molar-refractivity contribution in [2.24, 2.45) is 0 Å². The molecule has 0 atom stereocenters. The molecule has 0 heterocycles. The maximum atomic E-state index is 5.82. The molecule has 0 fully saturated rings. The molecular formula is C12H18N. The minimum atomic E-state index is 0.806. The zero-order chi connectivity index (χ0) is 9.84. The van der Waals surface area contributed by atoms with Crippen LogP contribution in [0, 0.1) is 13.0 Å². The molecule has 13 heavy (non-hydrogen) atoms. The van der Waals surface area contributed by atoms with Crippen molar-refractivity contribution in [1.29, 1.82) is 0 Å². The van der Waals surface area contributed by atoms with Crippen LogP contribution in [0.4, 0.5) is 5.69 Å². The third-order valence-electron chi connectivity index (χ3n) is 2.53. The molecule has 0 bridgehead atoms. The van der Waals surface area contributed by atoms with Gasteiger partial charge in [-0.05, 0) is 42.5 Å². The number of benzene rings is 1. The van der Waals surface area contributed by atoms with E-state index in [1.54, 1.807) is 0 Å². The van der Waals surface area contributed by atoms with E-state index >= 15 is 0 Å². The molecule has 1 aromatic rings. The Labute approximate surface area is 81.0 Å². The quantitative estimate of drug-likeness (QED) is 0.704. The molecule has 1 heteroatoms. The molecule has 71 valence electrons. The summed E-state index contributed by atoms with van der Waals surface area (Å²) >= 11 is 0. The molecule has 1 radical (unpaired) electrons. The van der Waals surface area contributed by atoms with Crippen LogP contribution in [0.5, 0.6) is 0 Å². The number of rotatable bonds is 3. The minimum Gasteiger partial charge on any atom is -0.398 e. The molecule has 0 aliphatic heterocycles. The van der Waals surface area contributed by atoms with Crippen LogP contribution in [0.15, 0.2) is 6.07 Å². The van der Waals surface area contributed by atoms with Crippen molar-refractivity contribution in [3.05, 3.63) is 28.8 Å². The molecule has 0 saturated heterocycles. The maximum absolute atomic E-state index is 5.82. The average Bonchev–Trinajstić information content (AvgIpc) is 2.14. The van der Waals surface area contributed by atoms with E-state index in [9.17, 15) is 0 Å². The first kappa shape index (κ1) is 10.1. The second kappa shape index (κ2) is 4.31. The Kier molecular flexibility index (Phi) is 3.35. The highest BCUT2D eigenvalue weighted by Crippen LogP contribution is 2.21. The summed E-state index contributed by atoms with van der Waals surface area (Å²) in [6.07, 6.45) is 3.39. The number of aryl methyl sites for hydroxylation is 1. The molecule has 1 nitrogen and oxygen atoms in total. The number of nitrogens with two attached hydrogens (primary N) is 1. The summed E-state index contributed by atoms with van der Waals surface area (Å²) in [4.78, 5) is 0. The molecule has 0 aliphatic rings. The van der Waals surface area contributed by atoms with Gasteiger partial charge in [0, 0.05) is 11.8 Å². The zero-order valence-electron chi connectivity index (χ0n) is 8.78. The van der Waals surface area contributed by atoms with Crippen molar-refractivity contribution in [2.75, 3.05) is 5.73 Å². The van der Waals surface area contributed by atoms with Crippen LogP contribution in [0.25, 0.3) is 0 Å². The fraction of sp³-hybridized carbons (Fsp3) is 0.500. The third kappa shape index (κ3) is 2.03. The lowest BCUT2D eigenvalue weighted by Crippen LogP contribution is -2.00. The molecule has 0 saturated carbocycles. The normalized spacial score (nSPS) is 10.4. The minimum absolute atomic E-state index is 0.806. The summed E-state index contributed by atoms with van der Waals surface area (Å²) in [6.45, 7) is 6.47. The Morgan fingerprint density at radius 2 is 2.08 bits per heavy atom. The Hall–Kier alpha value is -0.980. The standard InChI is InChI=1S/C12H18N/c1-4-6-11-9(3)12(13)8-7-10(11)5-2/h7H,4-6,13H2,1-3H3. The van der Waals surface area contributed by atoms with E-state index in [4.69, 9.17) is 5.73 Å². The van der Waals surface area contributed by atoms with Crippen molar-refractivity contribution in [3.8, 4) is 0 Å². The van der Waals surface area contributed by atoms with Gasteiger partial charge in [-0.2, -0.15) is 0 Å². The van der Waals surface area contributed by atoms with Gasteiger partial charge in [0.2, 0.25) is 0 Å². The lowest BCUT2D eigenvalue weighted by atomic mass is 9.95. The van der Waals surface area contributed by atoms with Crippen LogP contribution in [0.2, 0.25) is 0 Å². The van der Waals surface area contributed by atoms with E-state index in [-0.39, 0.29) is 0 Å². The average molecular weight is 176 g/mol. The SMILES string of the molecule is CCCc1c(CC)c[c]c(N)c1C. The van der Waals surface area contributed by atoms with Gasteiger partial charge >= 0.3 is 0 Å². The highest BCUT2D eigenvalue weighted by atomic mass is 14.6. The van der Waals surface area contributed by atoms with Gasteiger partial charge in [-0.25, -0.2) is 0 Å². The first-order valence-corrected chi connectivity index (χ1v) is 4.99. The molecule has 0 unspecified atom stereocenters. The van der Waals surface area contributed by atoms with Crippen LogP contribution < -0.4 is 5.73 Å². The topological polar surface area (TPSA) is 26.0 Å². The highest BCUT2D eigenvalue weighted by molar-refractivity contribution is 5.52. The first-order chi connectivity index (χ1) is 6.20. The summed E-state index contributed by atoms with van der Waals surface area (Å²) in [6, 6.07) is 5.13. The van der Waals surface area contributed by atoms with Gasteiger partial charge in [-0.3, -0.25) is 0 Å². The predicted molar refractivity (Wildman–Crippen MR) is 57.8 cm³/mol. The molecule has 0 aliphatic carbocycles. The molecule has 2 N–H and O–H groups in total. The van der Waals surface area contributed by atoms with Crippen molar-refractivity contribution in [1.82, 2.24) is 0 Å². The van der Waals surface area contributed by atoms with Crippen molar-refractivity contribution >= 4 is 5.69 Å². The maximum Gasteiger partial charge on any atom is 0.0427 e. The van der Waals surface area contributed by atoms with Crippen LogP contribution in [-0.4, -0.2) is 0 Å². The van der Waals surface area contributed by atoms with Gasteiger partial charge in [0.1, 0.15) is 0 Å². The van der Waals surface area contributed by atoms with E-state index in [1.807, 2.05) is 6.07 Å². The highest BCUT2D eigenvalue weighted by Gasteiger charge is 2.05. The molecule has 0 spiro atoms. The van der Waals surface area contributed by atoms with Gasteiger partial charge in [0.15, 0.2) is 0 Å². The molecule has 0 aromatic heterocycles. The monoisotopic (exact) mass is 176 g/mol. The number of hydrogen-bond donors (Lipinski definition) is 1. The van der Waals surface area contributed by atoms with Crippen molar-refractivity contribution in [3.63, 3.8) is 0 Å². The van der Waals surface area contributed by atoms with E-state index in [0.717, 1.165) is 18.5 Å². The Morgan fingerprint density at radius 3 is 2.62 bits per heavy atom. The lowest BCUT2D eigenvalue weighted by Gasteiger charge is -2.12. The molecular weight excluding hydrogens is 158 g/mol. The summed E-state index contributed by atoms with van der Waals surface area (Å²) in [5, 5.41) is 0. The van der Waals surface area contributed by atoms with E-state index in [0.29, 0.717) is 0 Å². The zero-order valence-corrected chi connectivity index (χ0v) is 8.78. The summed E-state index contributed by atoms with van der Waals surface area (Å²) in [5.41, 5.74) is 10.7. The second-order valence-corrected chi connectivity index (χ2v) is 3.43. The van der Waals surface area contributed by atoms with Crippen LogP contribution in [0.1, 0.15) is 37.0 Å². The van der Waals surface area contributed by atoms with Gasteiger partial charge in [-0.1, -0.05) is 20.3 Å². The number of nitrogen functional groups attached to an aromatic ring is 1. The summed E-state index contributed by atoms with van der Waals surface area (Å²) < 4.78 is 0. The van der Waals surface area contributed by atoms with Crippen LogP contribution >= 0.6 is 0 Å². The summed E-state index contributed by atoms with van der Waals surface area (Å²) in [5.74, 6) is 0. The van der Waals surface area contributed by atoms with E-state index < -0.39 is 0 Å². The Bertz CT molecular complexity index is 289. The van der Waals surface area contributed by atoms with Crippen molar-refractivity contribution in [2.45, 2.75) is 40.0 Å². The lowest BCUT2D eigenvalue weighted by molar-refractivity contribution is 0.890. The second-order valence-electron chi connectivity index (χ2n) is 3.43. The first-order valence-electron chi connectivity index (χ1n) is 4.99.